The molecule has 0 bridgehead atoms. The van der Waals surface area contributed by atoms with Gasteiger partial charge >= 0.3 is 0 Å². The van der Waals surface area contributed by atoms with Gasteiger partial charge in [-0.05, 0) is 12.5 Å². The summed E-state index contributed by atoms with van der Waals surface area (Å²) in [6, 6.07) is 9.53. The van der Waals surface area contributed by atoms with Crippen LogP contribution in [0.3, 0.4) is 0 Å². The van der Waals surface area contributed by atoms with Crippen molar-refractivity contribution in [3.05, 3.63) is 35.9 Å². The zero-order chi connectivity index (χ0) is 12.7. The van der Waals surface area contributed by atoms with Crippen LogP contribution in [-0.4, -0.2) is 32.8 Å². The average Bonchev–Trinajstić information content (AvgIpc) is 2.36. The Morgan fingerprint density at radius 3 is 2.65 bits per heavy atom. The van der Waals surface area contributed by atoms with Crippen molar-refractivity contribution in [1.29, 1.82) is 0 Å². The van der Waals surface area contributed by atoms with Gasteiger partial charge in [-0.15, -0.1) is 0 Å². The summed E-state index contributed by atoms with van der Waals surface area (Å²) >= 11 is 0. The minimum atomic E-state index is -1.31. The second kappa shape index (κ2) is 7.19. The number of hydrogen-bond acceptors (Lipinski definition) is 3. The molecule has 0 aliphatic rings. The summed E-state index contributed by atoms with van der Waals surface area (Å²) in [5.74, 6) is -0.111. The molecule has 0 spiro atoms. The van der Waals surface area contributed by atoms with Gasteiger partial charge in [0.05, 0.1) is 6.61 Å². The summed E-state index contributed by atoms with van der Waals surface area (Å²) < 4.78 is 11.5. The van der Waals surface area contributed by atoms with Gasteiger partial charge in [0.1, 0.15) is 5.25 Å². The number of aliphatic hydroxyl groups is 1. The van der Waals surface area contributed by atoms with E-state index >= 15 is 0 Å². The molecule has 1 amide bonds. The van der Waals surface area contributed by atoms with Crippen LogP contribution >= 0.6 is 0 Å². The Labute approximate surface area is 104 Å². The van der Waals surface area contributed by atoms with Gasteiger partial charge in [0.25, 0.3) is 0 Å². The highest BCUT2D eigenvalue weighted by atomic mass is 32.2. The maximum Gasteiger partial charge on any atom is 0.235 e. The van der Waals surface area contributed by atoms with Crippen molar-refractivity contribution in [2.45, 2.75) is 18.7 Å². The Kier molecular flexibility index (Phi) is 5.86. The molecule has 0 aliphatic carbocycles. The van der Waals surface area contributed by atoms with Crippen LogP contribution in [0.1, 0.15) is 12.5 Å². The van der Waals surface area contributed by atoms with Crippen molar-refractivity contribution in [3.8, 4) is 0 Å². The maximum absolute atomic E-state index is 11.6. The van der Waals surface area contributed by atoms with Gasteiger partial charge in [0, 0.05) is 23.1 Å². The number of carbonyl (C=O) groups is 1. The molecule has 17 heavy (non-hydrogen) atoms. The third-order valence-electron chi connectivity index (χ3n) is 2.37. The van der Waals surface area contributed by atoms with Crippen LogP contribution in [0, 0.1) is 0 Å². The number of benzene rings is 1. The molecule has 94 valence electrons. The standard InChI is InChI=1S/C12H17NO3S/c1-10(17(16)8-7-14)12(15)13-9-11-5-3-2-4-6-11/h2-6,10,14H,7-9H2,1H3,(H,13,15). The fourth-order valence-electron chi connectivity index (χ4n) is 1.31. The molecule has 0 saturated heterocycles. The van der Waals surface area contributed by atoms with E-state index in [1.807, 2.05) is 30.3 Å². The van der Waals surface area contributed by atoms with E-state index in [1.54, 1.807) is 6.92 Å². The highest BCUT2D eigenvalue weighted by Gasteiger charge is 2.18. The van der Waals surface area contributed by atoms with Crippen molar-refractivity contribution >= 4 is 16.7 Å². The molecule has 0 fully saturated rings. The first-order chi connectivity index (χ1) is 8.15. The second-order valence-electron chi connectivity index (χ2n) is 3.65. The number of rotatable bonds is 6. The monoisotopic (exact) mass is 255 g/mol. The van der Waals surface area contributed by atoms with Gasteiger partial charge in [0.15, 0.2) is 0 Å². The first kappa shape index (κ1) is 13.9. The van der Waals surface area contributed by atoms with Crippen LogP contribution in [0.5, 0.6) is 0 Å². The molecule has 4 nitrogen and oxygen atoms in total. The summed E-state index contributed by atoms with van der Waals surface area (Å²) in [5, 5.41) is 10.8. The molecule has 5 heteroatoms. The lowest BCUT2D eigenvalue weighted by Crippen LogP contribution is -2.36. The summed E-state index contributed by atoms with van der Waals surface area (Å²) in [7, 11) is -1.31. The van der Waals surface area contributed by atoms with E-state index in [0.29, 0.717) is 6.54 Å². The summed E-state index contributed by atoms with van der Waals surface area (Å²) in [5.41, 5.74) is 1.00. The van der Waals surface area contributed by atoms with Crippen LogP contribution in [0.25, 0.3) is 0 Å². The highest BCUT2D eigenvalue weighted by Crippen LogP contribution is 2.00. The van der Waals surface area contributed by atoms with Gasteiger partial charge in [-0.2, -0.15) is 0 Å². The minimum absolute atomic E-state index is 0.139. The first-order valence-electron chi connectivity index (χ1n) is 5.45. The molecule has 2 unspecified atom stereocenters. The molecule has 0 saturated carbocycles. The molecular weight excluding hydrogens is 238 g/mol. The van der Waals surface area contributed by atoms with Gasteiger partial charge in [0.2, 0.25) is 5.91 Å². The van der Waals surface area contributed by atoms with Crippen LogP contribution in [-0.2, 0) is 22.1 Å². The van der Waals surface area contributed by atoms with Gasteiger partial charge in [-0.1, -0.05) is 30.3 Å². The molecule has 2 atom stereocenters. The minimum Gasteiger partial charge on any atom is -0.395 e. The Balaban J connectivity index is 2.42. The molecule has 0 heterocycles. The molecular formula is C12H17NO3S. The maximum atomic E-state index is 11.6. The van der Waals surface area contributed by atoms with Crippen LogP contribution in [0.4, 0.5) is 0 Å². The lowest BCUT2D eigenvalue weighted by Gasteiger charge is -2.11. The Bertz CT molecular complexity index is 381. The number of aliphatic hydroxyl groups excluding tert-OH is 1. The Morgan fingerprint density at radius 2 is 2.06 bits per heavy atom. The quantitative estimate of drug-likeness (QED) is 0.775. The number of amides is 1. The van der Waals surface area contributed by atoms with Gasteiger partial charge in [-0.25, -0.2) is 0 Å². The lowest BCUT2D eigenvalue weighted by molar-refractivity contribution is -0.120. The number of nitrogens with one attached hydrogen (secondary N) is 1. The van der Waals surface area contributed by atoms with Crippen molar-refractivity contribution < 1.29 is 14.1 Å². The normalized spacial score (nSPS) is 14.0. The summed E-state index contributed by atoms with van der Waals surface area (Å²) in [4.78, 5) is 11.6. The number of carbonyl (C=O) groups excluding carboxylic acids is 1. The Hall–Kier alpha value is -1.20. The van der Waals surface area contributed by atoms with Crippen LogP contribution in [0.2, 0.25) is 0 Å². The largest absolute Gasteiger partial charge is 0.395 e. The van der Waals surface area contributed by atoms with Crippen molar-refractivity contribution in [2.24, 2.45) is 0 Å². The first-order valence-corrected chi connectivity index (χ1v) is 6.83. The fourth-order valence-corrected chi connectivity index (χ4v) is 2.17. The third kappa shape index (κ3) is 4.66. The van der Waals surface area contributed by atoms with E-state index in [0.717, 1.165) is 5.56 Å². The predicted octanol–water partition coefficient (Wildman–Crippen LogP) is 0.432. The molecule has 0 aromatic heterocycles. The van der Waals surface area contributed by atoms with Crippen molar-refractivity contribution in [2.75, 3.05) is 12.4 Å². The van der Waals surface area contributed by atoms with Crippen molar-refractivity contribution in [3.63, 3.8) is 0 Å². The average molecular weight is 255 g/mol. The predicted molar refractivity (Wildman–Crippen MR) is 67.8 cm³/mol. The lowest BCUT2D eigenvalue weighted by atomic mass is 10.2. The van der Waals surface area contributed by atoms with E-state index < -0.39 is 16.0 Å². The molecule has 1 aromatic rings. The fraction of sp³-hybridized carbons (Fsp3) is 0.417. The Morgan fingerprint density at radius 1 is 1.41 bits per heavy atom. The number of hydrogen-bond donors (Lipinski definition) is 2. The van der Waals surface area contributed by atoms with Crippen molar-refractivity contribution in [1.82, 2.24) is 5.32 Å². The molecule has 1 aromatic carbocycles. The van der Waals surface area contributed by atoms with E-state index in [-0.39, 0.29) is 18.3 Å². The SMILES string of the molecule is CC(C(=O)NCc1ccccc1)S(=O)CCO. The summed E-state index contributed by atoms with van der Waals surface area (Å²) in [6.07, 6.45) is 0. The zero-order valence-corrected chi connectivity index (χ0v) is 10.6. The molecule has 1 rings (SSSR count). The van der Waals surface area contributed by atoms with E-state index in [1.165, 1.54) is 0 Å². The van der Waals surface area contributed by atoms with E-state index in [9.17, 15) is 9.00 Å². The topological polar surface area (TPSA) is 66.4 Å². The van der Waals surface area contributed by atoms with Gasteiger partial charge < -0.3 is 10.4 Å². The highest BCUT2D eigenvalue weighted by molar-refractivity contribution is 7.86. The second-order valence-corrected chi connectivity index (χ2v) is 5.53. The van der Waals surface area contributed by atoms with Gasteiger partial charge in [-0.3, -0.25) is 9.00 Å². The molecule has 0 aliphatic heterocycles. The summed E-state index contributed by atoms with van der Waals surface area (Å²) in [6.45, 7) is 1.87. The van der Waals surface area contributed by atoms with E-state index in [2.05, 4.69) is 5.32 Å². The molecule has 2 N–H and O–H groups in total. The third-order valence-corrected chi connectivity index (χ3v) is 3.95. The van der Waals surface area contributed by atoms with E-state index in [4.69, 9.17) is 5.11 Å². The van der Waals surface area contributed by atoms with Crippen LogP contribution in [0.15, 0.2) is 30.3 Å². The zero-order valence-electron chi connectivity index (χ0n) is 9.76. The van der Waals surface area contributed by atoms with Crippen LogP contribution < -0.4 is 5.32 Å². The smallest absolute Gasteiger partial charge is 0.235 e. The molecule has 0 radical (unpaired) electrons.